The number of methoxy groups -OCH3 is 1. The average molecular weight is 431 g/mol. The summed E-state index contributed by atoms with van der Waals surface area (Å²) >= 11 is 0. The molecule has 1 atom stereocenters. The van der Waals surface area contributed by atoms with Crippen molar-refractivity contribution in [2.45, 2.75) is 19.3 Å². The Hall–Kier alpha value is -3.80. The minimum atomic E-state index is -1.08. The fourth-order valence-corrected chi connectivity index (χ4v) is 4.14. The lowest BCUT2D eigenvalue weighted by Crippen LogP contribution is -2.20. The van der Waals surface area contributed by atoms with Gasteiger partial charge < -0.3 is 20.1 Å². The first-order valence-corrected chi connectivity index (χ1v) is 10.6. The molecule has 6 nitrogen and oxygen atoms in total. The van der Waals surface area contributed by atoms with Gasteiger partial charge in [0.05, 0.1) is 18.4 Å². The third-order valence-electron chi connectivity index (χ3n) is 5.90. The Labute approximate surface area is 187 Å². The van der Waals surface area contributed by atoms with Crippen LogP contribution in [0, 0.1) is 6.92 Å². The van der Waals surface area contributed by atoms with Gasteiger partial charge in [-0.05, 0) is 61.4 Å². The van der Waals surface area contributed by atoms with Crippen LogP contribution in [0.3, 0.4) is 0 Å². The minimum absolute atomic E-state index is 0.0726. The van der Waals surface area contributed by atoms with E-state index in [1.807, 2.05) is 6.07 Å². The summed E-state index contributed by atoms with van der Waals surface area (Å²) in [6.07, 6.45) is 1.02. The molecule has 3 aromatic carbocycles. The number of anilines is 2. The van der Waals surface area contributed by atoms with Crippen LogP contribution in [0.1, 0.15) is 44.2 Å². The van der Waals surface area contributed by atoms with E-state index < -0.39 is 5.97 Å². The summed E-state index contributed by atoms with van der Waals surface area (Å²) in [4.78, 5) is 26.7. The first-order chi connectivity index (χ1) is 15.4. The molecule has 1 aliphatic rings. The van der Waals surface area contributed by atoms with Gasteiger partial charge in [-0.2, -0.15) is 0 Å². The zero-order valence-electron chi connectivity index (χ0n) is 18.2. The molecular formula is C26H26N2O4. The number of amides is 1. The van der Waals surface area contributed by atoms with Crippen molar-refractivity contribution in [3.05, 3.63) is 89.0 Å². The number of aromatic carboxylic acids is 1. The second-order valence-corrected chi connectivity index (χ2v) is 8.06. The van der Waals surface area contributed by atoms with Crippen LogP contribution < -0.4 is 15.0 Å². The summed E-state index contributed by atoms with van der Waals surface area (Å²) in [6.45, 7) is 3.78. The number of nitrogens with zero attached hydrogens (tertiary/aromatic N) is 1. The zero-order valence-corrected chi connectivity index (χ0v) is 18.2. The molecule has 4 rings (SSSR count). The largest absolute Gasteiger partial charge is 0.497 e. The van der Waals surface area contributed by atoms with Gasteiger partial charge in [0.15, 0.2) is 0 Å². The van der Waals surface area contributed by atoms with E-state index >= 15 is 0 Å². The fraction of sp³-hybridized carbons (Fsp3) is 0.231. The summed E-state index contributed by atoms with van der Waals surface area (Å²) in [7, 11) is 1.55. The molecule has 164 valence electrons. The van der Waals surface area contributed by atoms with E-state index in [1.165, 1.54) is 11.1 Å². The van der Waals surface area contributed by atoms with Crippen LogP contribution >= 0.6 is 0 Å². The summed E-state index contributed by atoms with van der Waals surface area (Å²) in [5, 5.41) is 12.5. The van der Waals surface area contributed by atoms with Gasteiger partial charge in [0, 0.05) is 30.3 Å². The molecule has 0 aliphatic carbocycles. The summed E-state index contributed by atoms with van der Waals surface area (Å²) in [6, 6.07) is 20.4. The van der Waals surface area contributed by atoms with Crippen molar-refractivity contribution in [2.24, 2.45) is 0 Å². The number of hydrogen-bond donors (Lipinski definition) is 2. The third-order valence-corrected chi connectivity index (χ3v) is 5.90. The van der Waals surface area contributed by atoms with Gasteiger partial charge in [-0.15, -0.1) is 0 Å². The lowest BCUT2D eigenvalue weighted by atomic mass is 9.97. The second kappa shape index (κ2) is 9.14. The highest BCUT2D eigenvalue weighted by atomic mass is 16.5. The molecule has 2 N–H and O–H groups in total. The van der Waals surface area contributed by atoms with Gasteiger partial charge in [-0.1, -0.05) is 29.8 Å². The van der Waals surface area contributed by atoms with Gasteiger partial charge >= 0.3 is 5.97 Å². The van der Waals surface area contributed by atoms with Crippen LogP contribution in [-0.4, -0.2) is 37.2 Å². The average Bonchev–Trinajstić information content (AvgIpc) is 3.29. The predicted octanol–water partition coefficient (Wildman–Crippen LogP) is 4.95. The normalized spacial score (nSPS) is 15.4. The molecule has 0 radical (unpaired) electrons. The number of aryl methyl sites for hydroxylation is 1. The zero-order chi connectivity index (χ0) is 22.7. The Morgan fingerprint density at radius 3 is 2.53 bits per heavy atom. The SMILES string of the molecule is COc1ccc(C(=O)Nc2ccc(N3CC[C@@H](c4cccc(C)c4)C3)cc2C(=O)O)cc1. The Balaban J connectivity index is 1.51. The Morgan fingerprint density at radius 1 is 1.06 bits per heavy atom. The summed E-state index contributed by atoms with van der Waals surface area (Å²) < 4.78 is 5.11. The number of rotatable bonds is 6. The summed E-state index contributed by atoms with van der Waals surface area (Å²) in [5.41, 5.74) is 4.17. The molecule has 6 heteroatoms. The monoisotopic (exact) mass is 430 g/mol. The lowest BCUT2D eigenvalue weighted by Gasteiger charge is -2.20. The van der Waals surface area contributed by atoms with Crippen LogP contribution in [0.25, 0.3) is 0 Å². The Bertz CT molecular complexity index is 1140. The maximum Gasteiger partial charge on any atom is 0.337 e. The molecule has 1 aliphatic heterocycles. The number of benzene rings is 3. The number of hydrogen-bond acceptors (Lipinski definition) is 4. The fourth-order valence-electron chi connectivity index (χ4n) is 4.14. The minimum Gasteiger partial charge on any atom is -0.497 e. The van der Waals surface area contributed by atoms with Gasteiger partial charge in [-0.25, -0.2) is 4.79 Å². The van der Waals surface area contributed by atoms with Crippen molar-refractivity contribution in [3.8, 4) is 5.75 Å². The smallest absolute Gasteiger partial charge is 0.337 e. The van der Waals surface area contributed by atoms with Crippen LogP contribution in [0.15, 0.2) is 66.7 Å². The van der Waals surface area contributed by atoms with Crippen molar-refractivity contribution >= 4 is 23.3 Å². The van der Waals surface area contributed by atoms with Gasteiger partial charge in [0.1, 0.15) is 5.75 Å². The summed E-state index contributed by atoms with van der Waals surface area (Å²) in [5.74, 6) is -0.390. The van der Waals surface area contributed by atoms with Gasteiger partial charge in [0.25, 0.3) is 5.91 Å². The molecule has 3 aromatic rings. The highest BCUT2D eigenvalue weighted by Crippen LogP contribution is 2.33. The number of carbonyl (C=O) groups is 2. The Morgan fingerprint density at radius 2 is 1.84 bits per heavy atom. The first-order valence-electron chi connectivity index (χ1n) is 10.6. The Kier molecular flexibility index (Phi) is 6.12. The van der Waals surface area contributed by atoms with E-state index in [9.17, 15) is 14.7 Å². The second-order valence-electron chi connectivity index (χ2n) is 8.06. The van der Waals surface area contributed by atoms with Crippen molar-refractivity contribution in [3.63, 3.8) is 0 Å². The van der Waals surface area contributed by atoms with Crippen LogP contribution in [0.4, 0.5) is 11.4 Å². The molecule has 1 amide bonds. The molecular weight excluding hydrogens is 404 g/mol. The lowest BCUT2D eigenvalue weighted by molar-refractivity contribution is 0.0698. The maximum absolute atomic E-state index is 12.6. The molecule has 0 aromatic heterocycles. The van der Waals surface area contributed by atoms with Crippen molar-refractivity contribution < 1.29 is 19.4 Å². The predicted molar refractivity (Wildman–Crippen MR) is 125 cm³/mol. The molecule has 1 heterocycles. The van der Waals surface area contributed by atoms with E-state index in [1.54, 1.807) is 43.5 Å². The van der Waals surface area contributed by atoms with Crippen LogP contribution in [-0.2, 0) is 0 Å². The van der Waals surface area contributed by atoms with E-state index in [4.69, 9.17) is 4.74 Å². The van der Waals surface area contributed by atoms with E-state index in [0.29, 0.717) is 17.2 Å². The van der Waals surface area contributed by atoms with Crippen molar-refractivity contribution in [1.82, 2.24) is 0 Å². The van der Waals surface area contributed by atoms with Gasteiger partial charge in [-0.3, -0.25) is 4.79 Å². The molecule has 0 unspecified atom stereocenters. The molecule has 0 bridgehead atoms. The number of carbonyl (C=O) groups excluding carboxylic acids is 1. The van der Waals surface area contributed by atoms with Crippen molar-refractivity contribution in [1.29, 1.82) is 0 Å². The first kappa shape index (κ1) is 21.4. The highest BCUT2D eigenvalue weighted by molar-refractivity contribution is 6.08. The number of ether oxygens (including phenoxy) is 1. The van der Waals surface area contributed by atoms with Crippen LogP contribution in [0.5, 0.6) is 5.75 Å². The topological polar surface area (TPSA) is 78.9 Å². The van der Waals surface area contributed by atoms with Gasteiger partial charge in [0.2, 0.25) is 0 Å². The molecule has 32 heavy (non-hydrogen) atoms. The maximum atomic E-state index is 12.6. The van der Waals surface area contributed by atoms with Crippen LogP contribution in [0.2, 0.25) is 0 Å². The van der Waals surface area contributed by atoms with E-state index in [0.717, 1.165) is 25.2 Å². The standard InChI is InChI=1S/C26H26N2O4/c1-17-4-3-5-19(14-17)20-12-13-28(16-20)21-8-11-24(23(15-21)26(30)31)27-25(29)18-6-9-22(32-2)10-7-18/h3-11,14-15,20H,12-13,16H2,1-2H3,(H,27,29)(H,30,31)/t20-/m1/s1. The number of nitrogens with one attached hydrogen (secondary N) is 1. The van der Waals surface area contributed by atoms with E-state index in [-0.39, 0.29) is 17.2 Å². The van der Waals surface area contributed by atoms with E-state index in [2.05, 4.69) is 41.4 Å². The number of carboxylic acid groups (broad SMARTS) is 1. The molecule has 1 fully saturated rings. The molecule has 0 spiro atoms. The molecule has 0 saturated carbocycles. The quantitative estimate of drug-likeness (QED) is 0.579. The highest BCUT2D eigenvalue weighted by Gasteiger charge is 2.25. The van der Waals surface area contributed by atoms with Crippen molar-refractivity contribution in [2.75, 3.05) is 30.4 Å². The molecule has 1 saturated heterocycles. The third kappa shape index (κ3) is 4.59. The number of carboxylic acids is 1.